The normalized spacial score (nSPS) is 28.6. The molecule has 78 valence electrons. The highest BCUT2D eigenvalue weighted by molar-refractivity contribution is 7.07. The molecule has 1 heterocycles. The summed E-state index contributed by atoms with van der Waals surface area (Å²) in [4.78, 5) is 0. The van der Waals surface area contributed by atoms with Crippen molar-refractivity contribution in [3.8, 4) is 0 Å². The second-order valence-corrected chi connectivity index (χ2v) is 5.16. The van der Waals surface area contributed by atoms with Gasteiger partial charge < -0.3 is 5.11 Å². The van der Waals surface area contributed by atoms with Gasteiger partial charge in [0, 0.05) is 0 Å². The van der Waals surface area contributed by atoms with Gasteiger partial charge in [-0.25, -0.2) is 0 Å². The lowest BCUT2D eigenvalue weighted by Crippen LogP contribution is -2.12. The minimum atomic E-state index is -0.0406. The molecule has 2 atom stereocenters. The van der Waals surface area contributed by atoms with Crippen LogP contribution in [0.4, 0.5) is 0 Å². The Bertz CT molecular complexity index is 255. The van der Waals surface area contributed by atoms with Crippen LogP contribution in [0.5, 0.6) is 0 Å². The SMILES string of the molecule is OC1CCCCC(Cc2ccsc2)C1. The molecule has 1 saturated carbocycles. The van der Waals surface area contributed by atoms with Gasteiger partial charge in [-0.1, -0.05) is 19.3 Å². The standard InChI is InChI=1S/C12H18OS/c13-12-4-2-1-3-10(8-12)7-11-5-6-14-9-11/h5-6,9-10,12-13H,1-4,7-8H2. The van der Waals surface area contributed by atoms with E-state index < -0.39 is 0 Å². The van der Waals surface area contributed by atoms with Crippen LogP contribution in [0, 0.1) is 5.92 Å². The van der Waals surface area contributed by atoms with E-state index in [1.807, 2.05) is 0 Å². The Balaban J connectivity index is 1.90. The molecule has 0 saturated heterocycles. The molecular formula is C12H18OS. The van der Waals surface area contributed by atoms with E-state index in [-0.39, 0.29) is 6.10 Å². The number of hydrogen-bond donors (Lipinski definition) is 1. The Kier molecular flexibility index (Phi) is 3.60. The van der Waals surface area contributed by atoms with Crippen molar-refractivity contribution in [2.75, 3.05) is 0 Å². The van der Waals surface area contributed by atoms with E-state index in [2.05, 4.69) is 16.8 Å². The third-order valence-electron chi connectivity index (χ3n) is 3.11. The van der Waals surface area contributed by atoms with Crippen LogP contribution in [-0.4, -0.2) is 11.2 Å². The van der Waals surface area contributed by atoms with Crippen LogP contribution < -0.4 is 0 Å². The van der Waals surface area contributed by atoms with Crippen molar-refractivity contribution in [2.24, 2.45) is 5.92 Å². The largest absolute Gasteiger partial charge is 0.393 e. The summed E-state index contributed by atoms with van der Waals surface area (Å²) >= 11 is 1.77. The zero-order valence-corrected chi connectivity index (χ0v) is 9.30. The van der Waals surface area contributed by atoms with Crippen LogP contribution in [-0.2, 0) is 6.42 Å². The molecule has 0 amide bonds. The van der Waals surface area contributed by atoms with Gasteiger partial charge in [0.05, 0.1) is 6.10 Å². The van der Waals surface area contributed by atoms with Crippen LogP contribution in [0.1, 0.15) is 37.7 Å². The number of aliphatic hydroxyl groups is 1. The van der Waals surface area contributed by atoms with Crippen molar-refractivity contribution >= 4 is 11.3 Å². The minimum absolute atomic E-state index is 0.0406. The number of rotatable bonds is 2. The van der Waals surface area contributed by atoms with Crippen LogP contribution in [0.2, 0.25) is 0 Å². The molecule has 0 bridgehead atoms. The summed E-state index contributed by atoms with van der Waals surface area (Å²) in [7, 11) is 0. The van der Waals surface area contributed by atoms with Gasteiger partial charge in [-0.3, -0.25) is 0 Å². The monoisotopic (exact) mass is 210 g/mol. The molecule has 1 aliphatic carbocycles. The van der Waals surface area contributed by atoms with Crippen molar-refractivity contribution in [1.82, 2.24) is 0 Å². The predicted octanol–water partition coefficient (Wildman–Crippen LogP) is 3.23. The van der Waals surface area contributed by atoms with Crippen LogP contribution >= 0.6 is 11.3 Å². The molecule has 0 aromatic carbocycles. The first-order valence-electron chi connectivity index (χ1n) is 5.54. The van der Waals surface area contributed by atoms with Gasteiger partial charge >= 0.3 is 0 Å². The fourth-order valence-electron chi connectivity index (χ4n) is 2.36. The fourth-order valence-corrected chi connectivity index (χ4v) is 3.04. The lowest BCUT2D eigenvalue weighted by atomic mass is 9.93. The van der Waals surface area contributed by atoms with Crippen LogP contribution in [0.3, 0.4) is 0 Å². The third-order valence-corrected chi connectivity index (χ3v) is 3.84. The van der Waals surface area contributed by atoms with Crippen LogP contribution in [0.25, 0.3) is 0 Å². The molecule has 0 aliphatic heterocycles. The topological polar surface area (TPSA) is 20.2 Å². The van der Waals surface area contributed by atoms with Crippen molar-refractivity contribution in [2.45, 2.75) is 44.6 Å². The van der Waals surface area contributed by atoms with Crippen molar-refractivity contribution in [1.29, 1.82) is 0 Å². The van der Waals surface area contributed by atoms with E-state index in [9.17, 15) is 5.11 Å². The molecule has 2 unspecified atom stereocenters. The summed E-state index contributed by atoms with van der Waals surface area (Å²) in [6.45, 7) is 0. The van der Waals surface area contributed by atoms with E-state index in [0.717, 1.165) is 12.8 Å². The number of thiophene rings is 1. The molecule has 2 heteroatoms. The van der Waals surface area contributed by atoms with E-state index in [1.54, 1.807) is 11.3 Å². The Morgan fingerprint density at radius 1 is 1.36 bits per heavy atom. The molecule has 1 aromatic rings. The zero-order chi connectivity index (χ0) is 9.80. The lowest BCUT2D eigenvalue weighted by Gasteiger charge is -2.15. The second-order valence-electron chi connectivity index (χ2n) is 4.38. The highest BCUT2D eigenvalue weighted by atomic mass is 32.1. The summed E-state index contributed by atoms with van der Waals surface area (Å²) in [5, 5.41) is 14.1. The molecule has 1 N–H and O–H groups in total. The summed E-state index contributed by atoms with van der Waals surface area (Å²) in [6, 6.07) is 2.21. The lowest BCUT2D eigenvalue weighted by molar-refractivity contribution is 0.141. The molecule has 0 radical (unpaired) electrons. The van der Waals surface area contributed by atoms with Gasteiger partial charge in [-0.15, -0.1) is 0 Å². The summed E-state index contributed by atoms with van der Waals surface area (Å²) in [5.41, 5.74) is 1.45. The van der Waals surface area contributed by atoms with Gasteiger partial charge in [0.15, 0.2) is 0 Å². The van der Waals surface area contributed by atoms with Gasteiger partial charge in [-0.05, 0) is 47.6 Å². The number of aliphatic hydroxyl groups excluding tert-OH is 1. The summed E-state index contributed by atoms with van der Waals surface area (Å²) in [6.07, 6.45) is 6.96. The van der Waals surface area contributed by atoms with Crippen molar-refractivity contribution in [3.05, 3.63) is 22.4 Å². The van der Waals surface area contributed by atoms with E-state index in [0.29, 0.717) is 5.92 Å². The molecule has 1 aromatic heterocycles. The van der Waals surface area contributed by atoms with E-state index in [1.165, 1.54) is 31.2 Å². The summed E-state index contributed by atoms with van der Waals surface area (Å²) < 4.78 is 0. The Morgan fingerprint density at radius 3 is 3.00 bits per heavy atom. The average molecular weight is 210 g/mol. The first kappa shape index (κ1) is 10.2. The fraction of sp³-hybridized carbons (Fsp3) is 0.667. The minimum Gasteiger partial charge on any atom is -0.393 e. The maximum atomic E-state index is 9.69. The summed E-state index contributed by atoms with van der Waals surface area (Å²) in [5.74, 6) is 0.710. The van der Waals surface area contributed by atoms with Crippen molar-refractivity contribution < 1.29 is 5.11 Å². The predicted molar refractivity (Wildman–Crippen MR) is 60.6 cm³/mol. The highest BCUT2D eigenvalue weighted by Gasteiger charge is 2.18. The first-order valence-corrected chi connectivity index (χ1v) is 6.48. The smallest absolute Gasteiger partial charge is 0.0543 e. The second kappa shape index (κ2) is 4.94. The highest BCUT2D eigenvalue weighted by Crippen LogP contribution is 2.26. The molecule has 1 fully saturated rings. The molecule has 0 spiro atoms. The Labute approximate surface area is 89.8 Å². The quantitative estimate of drug-likeness (QED) is 0.743. The first-order chi connectivity index (χ1) is 6.84. The van der Waals surface area contributed by atoms with E-state index in [4.69, 9.17) is 0 Å². The molecule has 1 nitrogen and oxygen atoms in total. The van der Waals surface area contributed by atoms with Crippen LogP contribution in [0.15, 0.2) is 16.8 Å². The van der Waals surface area contributed by atoms with Gasteiger partial charge in [0.2, 0.25) is 0 Å². The average Bonchev–Trinajstić information content (AvgIpc) is 2.56. The van der Waals surface area contributed by atoms with Crippen molar-refractivity contribution in [3.63, 3.8) is 0 Å². The van der Waals surface area contributed by atoms with Gasteiger partial charge in [-0.2, -0.15) is 11.3 Å². The third kappa shape index (κ3) is 2.82. The Hall–Kier alpha value is -0.340. The molecule has 14 heavy (non-hydrogen) atoms. The van der Waals surface area contributed by atoms with E-state index >= 15 is 0 Å². The molecule has 2 rings (SSSR count). The van der Waals surface area contributed by atoms with Gasteiger partial charge in [0.25, 0.3) is 0 Å². The number of hydrogen-bond acceptors (Lipinski definition) is 2. The zero-order valence-electron chi connectivity index (χ0n) is 8.48. The Morgan fingerprint density at radius 2 is 2.21 bits per heavy atom. The maximum Gasteiger partial charge on any atom is 0.0543 e. The molecule has 1 aliphatic rings. The maximum absolute atomic E-state index is 9.69. The molecular weight excluding hydrogens is 192 g/mol. The van der Waals surface area contributed by atoms with Gasteiger partial charge in [0.1, 0.15) is 0 Å².